The Balaban J connectivity index is 0. The molecule has 0 aromatic heterocycles. The van der Waals surface area contributed by atoms with E-state index in [1.54, 1.807) is 0 Å². The van der Waals surface area contributed by atoms with Gasteiger partial charge in [0.2, 0.25) is 5.91 Å². The third-order valence-electron chi connectivity index (χ3n) is 2.29. The number of carbonyl (C=O) groups is 1. The number of ether oxygens (including phenoxy) is 1. The fourth-order valence-corrected chi connectivity index (χ4v) is 1.18. The second-order valence-corrected chi connectivity index (χ2v) is 5.02. The molecule has 0 bridgehead atoms. The molecule has 0 saturated carbocycles. The summed E-state index contributed by atoms with van der Waals surface area (Å²) in [4.78, 5) is 10.7. The fraction of sp³-hybridized carbons (Fsp3) is 0.923. The summed E-state index contributed by atoms with van der Waals surface area (Å²) in [6.07, 6.45) is 1.94. The molecule has 0 aromatic carbocycles. The van der Waals surface area contributed by atoms with Gasteiger partial charge in [-0.25, -0.2) is 0 Å². The van der Waals surface area contributed by atoms with Crippen molar-refractivity contribution in [2.24, 2.45) is 11.7 Å². The largest absolute Gasteiger partial charge is 0.375 e. The number of hydrogen-bond donors (Lipinski definition) is 2. The Bertz CT molecular complexity index is 192. The molecule has 0 aliphatic carbocycles. The van der Waals surface area contributed by atoms with Crippen LogP contribution in [0.3, 0.4) is 0 Å². The zero-order chi connectivity index (χ0) is 13.9. The van der Waals surface area contributed by atoms with Gasteiger partial charge in [0.05, 0.1) is 5.60 Å². The van der Waals surface area contributed by atoms with Crippen LogP contribution in [0.15, 0.2) is 0 Å². The molecular formula is C13H30N2O2. The van der Waals surface area contributed by atoms with Crippen LogP contribution < -0.4 is 11.1 Å². The lowest BCUT2D eigenvalue weighted by atomic mass is 10.0. The van der Waals surface area contributed by atoms with Crippen molar-refractivity contribution < 1.29 is 9.53 Å². The fourth-order valence-electron chi connectivity index (χ4n) is 1.18. The molecule has 104 valence electrons. The molecule has 0 aromatic rings. The maximum Gasteiger partial charge on any atom is 0.216 e. The van der Waals surface area contributed by atoms with Gasteiger partial charge in [0.1, 0.15) is 0 Å². The molecule has 1 amide bonds. The highest BCUT2D eigenvalue weighted by Crippen LogP contribution is 2.15. The summed E-state index contributed by atoms with van der Waals surface area (Å²) < 4.78 is 5.77. The molecule has 17 heavy (non-hydrogen) atoms. The third-order valence-corrected chi connectivity index (χ3v) is 2.29. The standard InChI is InChI=1S/C12H25NO2.CH5N/c1-10(2)6-9-15-12(4,5)7-8-13-11(3)14;1-2/h10H,6-9H2,1-5H3,(H,13,14);2H2,1H3. The first-order valence-corrected chi connectivity index (χ1v) is 6.29. The predicted molar refractivity (Wildman–Crippen MR) is 72.9 cm³/mol. The minimum atomic E-state index is -0.142. The lowest BCUT2D eigenvalue weighted by Crippen LogP contribution is -2.32. The molecular weight excluding hydrogens is 216 g/mol. The quantitative estimate of drug-likeness (QED) is 0.721. The molecule has 0 aliphatic rings. The number of hydrogen-bond acceptors (Lipinski definition) is 3. The number of nitrogens with two attached hydrogens (primary N) is 1. The van der Waals surface area contributed by atoms with E-state index in [2.05, 4.69) is 38.7 Å². The smallest absolute Gasteiger partial charge is 0.216 e. The number of carbonyl (C=O) groups excluding carboxylic acids is 1. The average Bonchev–Trinajstić information content (AvgIpc) is 2.18. The first-order chi connectivity index (χ1) is 7.83. The SMILES string of the molecule is CC(=O)NCCC(C)(C)OCCC(C)C.CN. The van der Waals surface area contributed by atoms with Crippen molar-refractivity contribution in [2.45, 2.75) is 53.1 Å². The van der Waals surface area contributed by atoms with Crippen molar-refractivity contribution in [3.05, 3.63) is 0 Å². The van der Waals surface area contributed by atoms with Gasteiger partial charge in [-0.3, -0.25) is 4.79 Å². The van der Waals surface area contributed by atoms with E-state index in [-0.39, 0.29) is 11.5 Å². The van der Waals surface area contributed by atoms with Crippen LogP contribution in [0.5, 0.6) is 0 Å². The van der Waals surface area contributed by atoms with Crippen molar-refractivity contribution in [2.75, 3.05) is 20.2 Å². The average molecular weight is 246 g/mol. The molecule has 3 N–H and O–H groups in total. The lowest BCUT2D eigenvalue weighted by Gasteiger charge is -2.25. The lowest BCUT2D eigenvalue weighted by molar-refractivity contribution is -0.119. The Morgan fingerprint density at radius 2 is 1.88 bits per heavy atom. The van der Waals surface area contributed by atoms with Crippen LogP contribution in [0.4, 0.5) is 0 Å². The minimum Gasteiger partial charge on any atom is -0.375 e. The van der Waals surface area contributed by atoms with Crippen LogP contribution in [-0.2, 0) is 9.53 Å². The van der Waals surface area contributed by atoms with Crippen LogP contribution in [0, 0.1) is 5.92 Å². The summed E-state index contributed by atoms with van der Waals surface area (Å²) in [5.74, 6) is 0.698. The van der Waals surface area contributed by atoms with E-state index in [0.29, 0.717) is 12.5 Å². The van der Waals surface area contributed by atoms with Crippen LogP contribution >= 0.6 is 0 Å². The first-order valence-electron chi connectivity index (χ1n) is 6.29. The van der Waals surface area contributed by atoms with Gasteiger partial charge in [-0.15, -0.1) is 0 Å². The molecule has 0 spiro atoms. The predicted octanol–water partition coefficient (Wildman–Crippen LogP) is 1.93. The highest BCUT2D eigenvalue weighted by molar-refractivity contribution is 5.72. The van der Waals surface area contributed by atoms with Crippen molar-refractivity contribution >= 4 is 5.91 Å². The van der Waals surface area contributed by atoms with E-state index >= 15 is 0 Å². The first kappa shape index (κ1) is 18.7. The highest BCUT2D eigenvalue weighted by Gasteiger charge is 2.17. The van der Waals surface area contributed by atoms with Gasteiger partial charge < -0.3 is 15.8 Å². The molecule has 0 atom stereocenters. The second-order valence-electron chi connectivity index (χ2n) is 5.02. The van der Waals surface area contributed by atoms with E-state index in [0.717, 1.165) is 19.4 Å². The van der Waals surface area contributed by atoms with Crippen LogP contribution in [0.2, 0.25) is 0 Å². The Morgan fingerprint density at radius 1 is 1.35 bits per heavy atom. The summed E-state index contributed by atoms with van der Waals surface area (Å²) >= 11 is 0. The Hall–Kier alpha value is -0.610. The van der Waals surface area contributed by atoms with Gasteiger partial charge in [0, 0.05) is 20.1 Å². The van der Waals surface area contributed by atoms with E-state index < -0.39 is 0 Å². The molecule has 4 nitrogen and oxygen atoms in total. The number of rotatable bonds is 7. The third kappa shape index (κ3) is 15.4. The van der Waals surface area contributed by atoms with Crippen LogP contribution in [-0.4, -0.2) is 31.7 Å². The zero-order valence-corrected chi connectivity index (χ0v) is 12.3. The zero-order valence-electron chi connectivity index (χ0n) is 12.3. The van der Waals surface area contributed by atoms with Gasteiger partial charge in [-0.1, -0.05) is 13.8 Å². The maximum atomic E-state index is 10.7. The Kier molecular flexibility index (Phi) is 11.6. The summed E-state index contributed by atoms with van der Waals surface area (Å²) in [6, 6.07) is 0. The van der Waals surface area contributed by atoms with Crippen molar-refractivity contribution in [3.63, 3.8) is 0 Å². The van der Waals surface area contributed by atoms with Crippen molar-refractivity contribution in [3.8, 4) is 0 Å². The summed E-state index contributed by atoms with van der Waals surface area (Å²) in [6.45, 7) is 11.5. The normalized spacial score (nSPS) is 10.8. The van der Waals surface area contributed by atoms with E-state index in [1.807, 2.05) is 0 Å². The molecule has 0 unspecified atom stereocenters. The maximum absolute atomic E-state index is 10.7. The molecule has 0 radical (unpaired) electrons. The molecule has 4 heteroatoms. The van der Waals surface area contributed by atoms with Gasteiger partial charge in [-0.05, 0) is 39.7 Å². The number of nitrogens with one attached hydrogen (secondary N) is 1. The van der Waals surface area contributed by atoms with Crippen molar-refractivity contribution in [1.82, 2.24) is 5.32 Å². The van der Waals surface area contributed by atoms with Gasteiger partial charge in [0.15, 0.2) is 0 Å². The van der Waals surface area contributed by atoms with E-state index in [1.165, 1.54) is 14.0 Å². The monoisotopic (exact) mass is 246 g/mol. The van der Waals surface area contributed by atoms with E-state index in [9.17, 15) is 4.79 Å². The van der Waals surface area contributed by atoms with E-state index in [4.69, 9.17) is 4.74 Å². The second kappa shape index (κ2) is 10.5. The molecule has 0 saturated heterocycles. The molecule has 0 aliphatic heterocycles. The molecule has 0 heterocycles. The van der Waals surface area contributed by atoms with Crippen LogP contribution in [0.1, 0.15) is 47.5 Å². The van der Waals surface area contributed by atoms with Gasteiger partial charge in [0.25, 0.3) is 0 Å². The summed E-state index contributed by atoms with van der Waals surface area (Å²) in [5, 5.41) is 2.78. The summed E-state index contributed by atoms with van der Waals surface area (Å²) in [5.41, 5.74) is 4.36. The highest BCUT2D eigenvalue weighted by atomic mass is 16.5. The van der Waals surface area contributed by atoms with Crippen LogP contribution in [0.25, 0.3) is 0 Å². The minimum absolute atomic E-state index is 0.0213. The summed E-state index contributed by atoms with van der Waals surface area (Å²) in [7, 11) is 1.50. The molecule has 0 rings (SSSR count). The van der Waals surface area contributed by atoms with Crippen molar-refractivity contribution in [1.29, 1.82) is 0 Å². The number of amides is 1. The topological polar surface area (TPSA) is 64.3 Å². The van der Waals surface area contributed by atoms with Gasteiger partial charge >= 0.3 is 0 Å². The molecule has 0 fully saturated rings. The Morgan fingerprint density at radius 3 is 2.29 bits per heavy atom. The van der Waals surface area contributed by atoms with Gasteiger partial charge in [-0.2, -0.15) is 0 Å². The Labute approximate surface area is 106 Å².